The van der Waals surface area contributed by atoms with Gasteiger partial charge >= 0.3 is 0 Å². The molecule has 168 valence electrons. The largest absolute Gasteiger partial charge is 0.355 e. The monoisotopic (exact) mass is 436 g/mol. The highest BCUT2D eigenvalue weighted by Gasteiger charge is 2.29. The van der Waals surface area contributed by atoms with Crippen molar-refractivity contribution in [3.05, 3.63) is 47.7 Å². The van der Waals surface area contributed by atoms with Gasteiger partial charge in [0.2, 0.25) is 5.91 Å². The van der Waals surface area contributed by atoms with Crippen molar-refractivity contribution >= 4 is 29.2 Å². The lowest BCUT2D eigenvalue weighted by molar-refractivity contribution is -0.117. The van der Waals surface area contributed by atoms with E-state index in [0.29, 0.717) is 11.3 Å². The lowest BCUT2D eigenvalue weighted by Gasteiger charge is -2.27. The van der Waals surface area contributed by atoms with Crippen LogP contribution in [0.5, 0.6) is 0 Å². The number of rotatable bonds is 8. The Morgan fingerprint density at radius 2 is 1.53 bits per heavy atom. The van der Waals surface area contributed by atoms with Gasteiger partial charge in [-0.15, -0.1) is 10.2 Å². The van der Waals surface area contributed by atoms with E-state index in [1.807, 2.05) is 6.07 Å². The van der Waals surface area contributed by atoms with Gasteiger partial charge < -0.3 is 20.9 Å². The Hall–Kier alpha value is -3.49. The fourth-order valence-electron chi connectivity index (χ4n) is 3.58. The quantitative estimate of drug-likeness (QED) is 0.545. The normalized spacial score (nSPS) is 15.7. The van der Waals surface area contributed by atoms with Crippen LogP contribution < -0.4 is 20.9 Å². The molecule has 2 heterocycles. The van der Waals surface area contributed by atoms with Crippen LogP contribution in [0.3, 0.4) is 0 Å². The van der Waals surface area contributed by atoms with Gasteiger partial charge in [0.15, 0.2) is 11.5 Å². The second-order valence-electron chi connectivity index (χ2n) is 8.18. The van der Waals surface area contributed by atoms with Crippen molar-refractivity contribution in [1.29, 1.82) is 0 Å². The van der Waals surface area contributed by atoms with E-state index in [2.05, 4.69) is 31.0 Å². The Morgan fingerprint density at radius 3 is 2.16 bits per heavy atom. The molecule has 0 unspecified atom stereocenters. The number of nitrogens with one attached hydrogen (secondary N) is 3. The molecular weight excluding hydrogens is 408 g/mol. The maximum atomic E-state index is 12.3. The van der Waals surface area contributed by atoms with Crippen LogP contribution in [0.1, 0.15) is 53.0 Å². The Balaban J connectivity index is 1.17. The van der Waals surface area contributed by atoms with Gasteiger partial charge in [-0.1, -0.05) is 0 Å². The average Bonchev–Trinajstić information content (AvgIpc) is 3.68. The smallest absolute Gasteiger partial charge is 0.271 e. The second kappa shape index (κ2) is 10.2. The van der Waals surface area contributed by atoms with Crippen LogP contribution in [0.4, 0.5) is 11.5 Å². The summed E-state index contributed by atoms with van der Waals surface area (Å²) in [7, 11) is 0. The van der Waals surface area contributed by atoms with E-state index in [1.54, 1.807) is 30.3 Å². The Kier molecular flexibility index (Phi) is 6.94. The Bertz CT molecular complexity index is 951. The molecule has 0 atom stereocenters. The van der Waals surface area contributed by atoms with Crippen LogP contribution >= 0.6 is 0 Å². The number of piperidine rings is 1. The van der Waals surface area contributed by atoms with E-state index in [4.69, 9.17) is 0 Å². The predicted octanol–water partition coefficient (Wildman–Crippen LogP) is 1.98. The van der Waals surface area contributed by atoms with Crippen molar-refractivity contribution in [3.8, 4) is 0 Å². The first kappa shape index (κ1) is 21.7. The standard InChI is InChI=1S/C23H28N6O3/c30-21(16-6-8-18(9-7-16)26-22(31)17-4-5-17)24-12-13-25-23(32)19-10-11-20(28-27-19)29-14-2-1-3-15-29/h6-11,17H,1-5,12-15H2,(H,24,30)(H,25,32)(H,26,31). The van der Waals surface area contributed by atoms with Crippen LogP contribution in [0.2, 0.25) is 0 Å². The summed E-state index contributed by atoms with van der Waals surface area (Å²) >= 11 is 0. The maximum Gasteiger partial charge on any atom is 0.271 e. The van der Waals surface area contributed by atoms with Gasteiger partial charge in [0.25, 0.3) is 11.8 Å². The van der Waals surface area contributed by atoms with Crippen molar-refractivity contribution < 1.29 is 14.4 Å². The number of benzene rings is 1. The number of anilines is 2. The van der Waals surface area contributed by atoms with Crippen LogP contribution in [0.15, 0.2) is 36.4 Å². The molecule has 2 fully saturated rings. The molecule has 4 rings (SSSR count). The summed E-state index contributed by atoms with van der Waals surface area (Å²) in [6.45, 7) is 2.50. The summed E-state index contributed by atoms with van der Waals surface area (Å²) in [5.41, 5.74) is 1.42. The Morgan fingerprint density at radius 1 is 0.844 bits per heavy atom. The molecule has 1 aromatic heterocycles. The molecule has 2 aliphatic rings. The van der Waals surface area contributed by atoms with Crippen molar-refractivity contribution in [2.75, 3.05) is 36.4 Å². The average molecular weight is 437 g/mol. The van der Waals surface area contributed by atoms with E-state index in [0.717, 1.165) is 44.6 Å². The van der Waals surface area contributed by atoms with E-state index in [9.17, 15) is 14.4 Å². The van der Waals surface area contributed by atoms with E-state index < -0.39 is 0 Å². The molecule has 2 aromatic rings. The highest BCUT2D eigenvalue weighted by molar-refractivity contribution is 5.97. The SMILES string of the molecule is O=C(NCCNC(=O)c1ccc(N2CCCCC2)nn1)c1ccc(NC(=O)C2CC2)cc1. The molecule has 3 N–H and O–H groups in total. The number of hydrogen-bond acceptors (Lipinski definition) is 6. The maximum absolute atomic E-state index is 12.3. The summed E-state index contributed by atoms with van der Waals surface area (Å²) < 4.78 is 0. The van der Waals surface area contributed by atoms with Gasteiger partial charge in [0.1, 0.15) is 0 Å². The third kappa shape index (κ3) is 5.81. The zero-order chi connectivity index (χ0) is 22.3. The minimum atomic E-state index is -0.326. The number of aromatic nitrogens is 2. The first-order valence-corrected chi connectivity index (χ1v) is 11.2. The van der Waals surface area contributed by atoms with E-state index in [-0.39, 0.29) is 42.4 Å². The summed E-state index contributed by atoms with van der Waals surface area (Å²) in [6.07, 6.45) is 5.43. The minimum Gasteiger partial charge on any atom is -0.355 e. The van der Waals surface area contributed by atoms with E-state index >= 15 is 0 Å². The predicted molar refractivity (Wildman–Crippen MR) is 121 cm³/mol. The molecule has 1 aliphatic heterocycles. The highest BCUT2D eigenvalue weighted by atomic mass is 16.2. The molecule has 1 saturated heterocycles. The van der Waals surface area contributed by atoms with Crippen LogP contribution in [-0.2, 0) is 4.79 Å². The van der Waals surface area contributed by atoms with Gasteiger partial charge in [-0.3, -0.25) is 14.4 Å². The van der Waals surface area contributed by atoms with Crippen molar-refractivity contribution in [1.82, 2.24) is 20.8 Å². The fourth-order valence-corrected chi connectivity index (χ4v) is 3.58. The molecule has 1 aliphatic carbocycles. The third-order valence-corrected chi connectivity index (χ3v) is 5.62. The molecule has 0 radical (unpaired) electrons. The second-order valence-corrected chi connectivity index (χ2v) is 8.18. The topological polar surface area (TPSA) is 116 Å². The molecule has 1 aromatic carbocycles. The van der Waals surface area contributed by atoms with Crippen LogP contribution in [0, 0.1) is 5.92 Å². The fraction of sp³-hybridized carbons (Fsp3) is 0.435. The van der Waals surface area contributed by atoms with Crippen LogP contribution in [-0.4, -0.2) is 54.1 Å². The molecule has 9 heteroatoms. The zero-order valence-corrected chi connectivity index (χ0v) is 18.0. The number of hydrogen-bond donors (Lipinski definition) is 3. The number of amides is 3. The number of nitrogens with zero attached hydrogens (tertiary/aromatic N) is 3. The summed E-state index contributed by atoms with van der Waals surface area (Å²) in [4.78, 5) is 38.5. The highest BCUT2D eigenvalue weighted by Crippen LogP contribution is 2.30. The summed E-state index contributed by atoms with van der Waals surface area (Å²) in [6, 6.07) is 10.2. The van der Waals surface area contributed by atoms with Crippen LogP contribution in [0.25, 0.3) is 0 Å². The van der Waals surface area contributed by atoms with E-state index in [1.165, 1.54) is 6.42 Å². The third-order valence-electron chi connectivity index (χ3n) is 5.62. The molecule has 9 nitrogen and oxygen atoms in total. The number of carbonyl (C=O) groups is 3. The molecule has 0 bridgehead atoms. The van der Waals surface area contributed by atoms with Crippen molar-refractivity contribution in [2.24, 2.45) is 5.92 Å². The molecule has 0 spiro atoms. The zero-order valence-electron chi connectivity index (χ0n) is 18.0. The van der Waals surface area contributed by atoms with Gasteiger partial charge in [0, 0.05) is 43.3 Å². The first-order chi connectivity index (χ1) is 15.6. The van der Waals surface area contributed by atoms with Gasteiger partial charge in [-0.2, -0.15) is 0 Å². The number of carbonyl (C=O) groups excluding carboxylic acids is 3. The minimum absolute atomic E-state index is 0.0313. The van der Waals surface area contributed by atoms with Gasteiger partial charge in [-0.25, -0.2) is 0 Å². The lowest BCUT2D eigenvalue weighted by Crippen LogP contribution is -2.35. The summed E-state index contributed by atoms with van der Waals surface area (Å²) in [5, 5.41) is 16.6. The van der Waals surface area contributed by atoms with Gasteiger partial charge in [-0.05, 0) is 68.5 Å². The van der Waals surface area contributed by atoms with Gasteiger partial charge in [0.05, 0.1) is 0 Å². The molecule has 1 saturated carbocycles. The van der Waals surface area contributed by atoms with Crippen molar-refractivity contribution in [3.63, 3.8) is 0 Å². The summed E-state index contributed by atoms with van der Waals surface area (Å²) in [5.74, 6) is 0.389. The molecule has 3 amide bonds. The first-order valence-electron chi connectivity index (χ1n) is 11.2. The van der Waals surface area contributed by atoms with Crippen molar-refractivity contribution in [2.45, 2.75) is 32.1 Å². The Labute approximate surface area is 187 Å². The molecule has 32 heavy (non-hydrogen) atoms. The molecular formula is C23H28N6O3. The lowest BCUT2D eigenvalue weighted by atomic mass is 10.1.